The van der Waals surface area contributed by atoms with Gasteiger partial charge in [-0.25, -0.2) is 4.79 Å². The van der Waals surface area contributed by atoms with E-state index in [0.717, 1.165) is 5.56 Å². The van der Waals surface area contributed by atoms with E-state index in [4.69, 9.17) is 21.8 Å². The summed E-state index contributed by atoms with van der Waals surface area (Å²) >= 11 is 5.65. The van der Waals surface area contributed by atoms with E-state index in [-0.39, 0.29) is 17.2 Å². The molecule has 1 aromatic rings. The lowest BCUT2D eigenvalue weighted by Crippen LogP contribution is -2.00. The van der Waals surface area contributed by atoms with E-state index >= 15 is 0 Å². The van der Waals surface area contributed by atoms with E-state index in [1.807, 2.05) is 0 Å². The number of carboxylic acid groups (broad SMARTS) is 1. The zero-order valence-corrected chi connectivity index (χ0v) is 7.58. The fraction of sp³-hybridized carbons (Fsp3) is 0.222. The summed E-state index contributed by atoms with van der Waals surface area (Å²) in [7, 11) is 0. The van der Waals surface area contributed by atoms with Gasteiger partial charge in [0.2, 0.25) is 0 Å². The molecule has 1 aromatic carbocycles. The Hall–Kier alpha value is -1.06. The molecule has 0 heterocycles. The van der Waals surface area contributed by atoms with Crippen molar-refractivity contribution in [1.82, 2.24) is 0 Å². The van der Waals surface area contributed by atoms with E-state index < -0.39 is 5.97 Å². The number of benzene rings is 1. The Morgan fingerprint density at radius 1 is 1.46 bits per heavy atom. The first-order valence-corrected chi connectivity index (χ1v) is 4.15. The molecule has 13 heavy (non-hydrogen) atoms. The van der Waals surface area contributed by atoms with E-state index in [1.165, 1.54) is 12.1 Å². The van der Waals surface area contributed by atoms with Crippen molar-refractivity contribution in [2.45, 2.75) is 6.42 Å². The number of hydrogen-bond donors (Lipinski definition) is 2. The second-order valence-corrected chi connectivity index (χ2v) is 3.00. The molecule has 0 fully saturated rings. The van der Waals surface area contributed by atoms with Crippen LogP contribution in [0.4, 0.5) is 0 Å². The SMILES string of the molecule is O=C(O)c1cc(CCO)ccc1Cl. The Morgan fingerprint density at radius 2 is 2.15 bits per heavy atom. The van der Waals surface area contributed by atoms with Crippen LogP contribution in [0.5, 0.6) is 0 Å². The molecule has 3 nitrogen and oxygen atoms in total. The van der Waals surface area contributed by atoms with Gasteiger partial charge in [-0.05, 0) is 24.1 Å². The summed E-state index contributed by atoms with van der Waals surface area (Å²) in [6.45, 7) is 0.000686. The molecule has 0 aliphatic heterocycles. The zero-order chi connectivity index (χ0) is 9.84. The Kier molecular flexibility index (Phi) is 3.28. The van der Waals surface area contributed by atoms with Crippen molar-refractivity contribution in [3.05, 3.63) is 34.3 Å². The molecule has 0 spiro atoms. The second-order valence-electron chi connectivity index (χ2n) is 2.59. The third-order valence-corrected chi connectivity index (χ3v) is 1.99. The molecule has 0 aromatic heterocycles. The van der Waals surface area contributed by atoms with Gasteiger partial charge in [0, 0.05) is 6.61 Å². The first kappa shape index (κ1) is 10.0. The quantitative estimate of drug-likeness (QED) is 0.779. The van der Waals surface area contributed by atoms with Crippen LogP contribution in [-0.4, -0.2) is 22.8 Å². The number of carboxylic acids is 1. The van der Waals surface area contributed by atoms with Gasteiger partial charge in [0.05, 0.1) is 10.6 Å². The first-order chi connectivity index (χ1) is 6.15. The summed E-state index contributed by atoms with van der Waals surface area (Å²) in [6.07, 6.45) is 0.442. The molecule has 0 bridgehead atoms. The standard InChI is InChI=1S/C9H9ClO3/c10-8-2-1-6(3-4-11)5-7(8)9(12)13/h1-2,5,11H,3-4H2,(H,12,13). The van der Waals surface area contributed by atoms with Crippen molar-refractivity contribution in [3.8, 4) is 0 Å². The number of aromatic carboxylic acids is 1. The number of rotatable bonds is 3. The summed E-state index contributed by atoms with van der Waals surface area (Å²) < 4.78 is 0. The molecule has 0 aliphatic carbocycles. The normalized spacial score (nSPS) is 10.0. The second kappa shape index (κ2) is 4.25. The maximum Gasteiger partial charge on any atom is 0.337 e. The highest BCUT2D eigenvalue weighted by Crippen LogP contribution is 2.17. The van der Waals surface area contributed by atoms with E-state index in [1.54, 1.807) is 6.07 Å². The van der Waals surface area contributed by atoms with Crippen LogP contribution in [0.25, 0.3) is 0 Å². The van der Waals surface area contributed by atoms with Crippen molar-refractivity contribution < 1.29 is 15.0 Å². The monoisotopic (exact) mass is 200 g/mol. The number of carbonyl (C=O) groups is 1. The van der Waals surface area contributed by atoms with E-state index in [0.29, 0.717) is 6.42 Å². The molecule has 0 saturated carbocycles. The predicted molar refractivity (Wildman–Crippen MR) is 49.2 cm³/mol. The number of halogens is 1. The molecule has 4 heteroatoms. The highest BCUT2D eigenvalue weighted by molar-refractivity contribution is 6.33. The van der Waals surface area contributed by atoms with Crippen LogP contribution >= 0.6 is 11.6 Å². The van der Waals surface area contributed by atoms with Crippen molar-refractivity contribution >= 4 is 17.6 Å². The van der Waals surface area contributed by atoms with Crippen molar-refractivity contribution in [2.75, 3.05) is 6.61 Å². The lowest BCUT2D eigenvalue weighted by Gasteiger charge is -2.02. The smallest absolute Gasteiger partial charge is 0.337 e. The van der Waals surface area contributed by atoms with Crippen LogP contribution in [0.1, 0.15) is 15.9 Å². The lowest BCUT2D eigenvalue weighted by molar-refractivity contribution is 0.0697. The Labute approximate surface area is 80.6 Å². The molecule has 2 N–H and O–H groups in total. The van der Waals surface area contributed by atoms with Gasteiger partial charge < -0.3 is 10.2 Å². The number of aliphatic hydroxyl groups excluding tert-OH is 1. The maximum absolute atomic E-state index is 10.6. The van der Waals surface area contributed by atoms with Crippen LogP contribution in [0.15, 0.2) is 18.2 Å². The maximum atomic E-state index is 10.6. The number of aliphatic hydroxyl groups is 1. The average Bonchev–Trinajstić information content (AvgIpc) is 2.08. The van der Waals surface area contributed by atoms with Gasteiger partial charge in [-0.2, -0.15) is 0 Å². The van der Waals surface area contributed by atoms with Crippen molar-refractivity contribution in [1.29, 1.82) is 0 Å². The fourth-order valence-corrected chi connectivity index (χ4v) is 1.22. The molecule has 0 atom stereocenters. The predicted octanol–water partition coefficient (Wildman–Crippen LogP) is 1.57. The Balaban J connectivity index is 3.04. The van der Waals surface area contributed by atoms with Gasteiger partial charge in [0.15, 0.2) is 0 Å². The molecule has 0 aliphatic rings. The minimum atomic E-state index is -1.05. The van der Waals surface area contributed by atoms with E-state index in [2.05, 4.69) is 0 Å². The molecule has 1 rings (SSSR count). The van der Waals surface area contributed by atoms with Crippen LogP contribution in [-0.2, 0) is 6.42 Å². The first-order valence-electron chi connectivity index (χ1n) is 3.77. The van der Waals surface area contributed by atoms with Gasteiger partial charge in [-0.1, -0.05) is 17.7 Å². The largest absolute Gasteiger partial charge is 0.478 e. The van der Waals surface area contributed by atoms with Crippen molar-refractivity contribution in [3.63, 3.8) is 0 Å². The Bertz CT molecular complexity index is 323. The fourth-order valence-electron chi connectivity index (χ4n) is 1.02. The third-order valence-electron chi connectivity index (χ3n) is 1.66. The van der Waals surface area contributed by atoms with Gasteiger partial charge in [-0.3, -0.25) is 0 Å². The minimum absolute atomic E-state index is 0.000686. The van der Waals surface area contributed by atoms with Crippen LogP contribution in [0.2, 0.25) is 5.02 Å². The summed E-state index contributed by atoms with van der Waals surface area (Å²) in [5, 5.41) is 17.6. The van der Waals surface area contributed by atoms with Crippen LogP contribution in [0.3, 0.4) is 0 Å². The zero-order valence-electron chi connectivity index (χ0n) is 6.83. The van der Waals surface area contributed by atoms with Crippen LogP contribution < -0.4 is 0 Å². The van der Waals surface area contributed by atoms with Gasteiger partial charge in [-0.15, -0.1) is 0 Å². The lowest BCUT2D eigenvalue weighted by atomic mass is 10.1. The van der Waals surface area contributed by atoms with Crippen LogP contribution in [0, 0.1) is 0 Å². The summed E-state index contributed by atoms with van der Waals surface area (Å²) in [6, 6.07) is 4.70. The van der Waals surface area contributed by atoms with E-state index in [9.17, 15) is 4.79 Å². The summed E-state index contributed by atoms with van der Waals surface area (Å²) in [4.78, 5) is 10.6. The number of hydrogen-bond acceptors (Lipinski definition) is 2. The van der Waals surface area contributed by atoms with Gasteiger partial charge in [0.25, 0.3) is 0 Å². The average molecular weight is 201 g/mol. The minimum Gasteiger partial charge on any atom is -0.478 e. The molecule has 70 valence electrons. The summed E-state index contributed by atoms with van der Waals surface area (Å²) in [5.41, 5.74) is 0.844. The topological polar surface area (TPSA) is 57.5 Å². The third kappa shape index (κ3) is 2.44. The summed E-state index contributed by atoms with van der Waals surface area (Å²) in [5.74, 6) is -1.05. The van der Waals surface area contributed by atoms with Crippen molar-refractivity contribution in [2.24, 2.45) is 0 Å². The molecule has 0 unspecified atom stereocenters. The van der Waals surface area contributed by atoms with Gasteiger partial charge >= 0.3 is 5.97 Å². The Morgan fingerprint density at radius 3 is 2.69 bits per heavy atom. The molecule has 0 saturated heterocycles. The molecule has 0 amide bonds. The highest BCUT2D eigenvalue weighted by atomic mass is 35.5. The molecule has 0 radical (unpaired) electrons. The van der Waals surface area contributed by atoms with Gasteiger partial charge in [0.1, 0.15) is 0 Å². The molecular formula is C9H9ClO3. The highest BCUT2D eigenvalue weighted by Gasteiger charge is 2.08. The molecular weight excluding hydrogens is 192 g/mol.